The van der Waals surface area contributed by atoms with Gasteiger partial charge < -0.3 is 0 Å². The Balaban J connectivity index is 1.91. The van der Waals surface area contributed by atoms with Gasteiger partial charge in [-0.25, -0.2) is 0 Å². The Morgan fingerprint density at radius 3 is 2.40 bits per heavy atom. The fourth-order valence-corrected chi connectivity index (χ4v) is 3.10. The molecule has 0 fully saturated rings. The van der Waals surface area contributed by atoms with E-state index in [1.807, 2.05) is 18.2 Å². The van der Waals surface area contributed by atoms with Crippen molar-refractivity contribution in [1.29, 1.82) is 0 Å². The number of halogens is 2. The Morgan fingerprint density at radius 2 is 1.75 bits per heavy atom. The summed E-state index contributed by atoms with van der Waals surface area (Å²) in [6, 6.07) is 16.5. The van der Waals surface area contributed by atoms with E-state index in [0.717, 1.165) is 17.9 Å². The summed E-state index contributed by atoms with van der Waals surface area (Å²) in [5, 5.41) is 1.49. The van der Waals surface area contributed by atoms with E-state index < -0.39 is 0 Å². The average molecular weight is 307 g/mol. The first kappa shape index (κ1) is 15.4. The van der Waals surface area contributed by atoms with E-state index in [4.69, 9.17) is 23.2 Å². The highest BCUT2D eigenvalue weighted by atomic mass is 35.5. The van der Waals surface area contributed by atoms with Crippen molar-refractivity contribution in [2.24, 2.45) is 0 Å². The van der Waals surface area contributed by atoms with E-state index in [1.54, 1.807) is 0 Å². The minimum absolute atomic E-state index is 0.641. The molecule has 0 bridgehead atoms. The molecule has 0 aliphatic carbocycles. The summed E-state index contributed by atoms with van der Waals surface area (Å²) in [5.74, 6) is 0.641. The summed E-state index contributed by atoms with van der Waals surface area (Å²) in [6.07, 6.45) is 4.53. The third-order valence-electron chi connectivity index (χ3n) is 3.78. The lowest BCUT2D eigenvalue weighted by Crippen LogP contribution is -1.98. The van der Waals surface area contributed by atoms with Crippen molar-refractivity contribution in [1.82, 2.24) is 0 Å². The van der Waals surface area contributed by atoms with Gasteiger partial charge in [0, 0.05) is 10.0 Å². The summed E-state index contributed by atoms with van der Waals surface area (Å²) >= 11 is 12.1. The maximum Gasteiger partial charge on any atom is 0.0452 e. The molecule has 0 aliphatic heterocycles. The fraction of sp³-hybridized carbons (Fsp3) is 0.333. The normalized spacial score (nSPS) is 12.3. The molecule has 0 aromatic heterocycles. The van der Waals surface area contributed by atoms with Crippen molar-refractivity contribution in [3.63, 3.8) is 0 Å². The summed E-state index contributed by atoms with van der Waals surface area (Å²) in [7, 11) is 0. The van der Waals surface area contributed by atoms with E-state index >= 15 is 0 Å². The van der Waals surface area contributed by atoms with Gasteiger partial charge in [-0.1, -0.05) is 66.5 Å². The number of hydrogen-bond donors (Lipinski definition) is 0. The van der Waals surface area contributed by atoms with Crippen LogP contribution in [0.15, 0.2) is 48.5 Å². The standard InChI is InChI=1S/C18H20Cl2/c1-2-14(15-7-4-3-5-8-15)9-6-10-16-11-12-17(19)13-18(16)20/h3-5,7-8,11-14H,2,6,9-10H2,1H3/t14-/m0/s1. The highest BCUT2D eigenvalue weighted by Crippen LogP contribution is 2.27. The van der Waals surface area contributed by atoms with Crippen molar-refractivity contribution in [3.8, 4) is 0 Å². The van der Waals surface area contributed by atoms with Crippen LogP contribution in [0, 0.1) is 0 Å². The SMILES string of the molecule is CC[C@@H](CCCc1ccc(Cl)cc1Cl)c1ccccc1. The molecule has 0 radical (unpaired) electrons. The molecule has 2 aromatic rings. The molecule has 0 saturated carbocycles. The van der Waals surface area contributed by atoms with Crippen LogP contribution in [0.4, 0.5) is 0 Å². The second kappa shape index (κ2) is 7.71. The maximum atomic E-state index is 6.21. The first-order valence-electron chi connectivity index (χ1n) is 7.19. The Morgan fingerprint density at radius 1 is 1.00 bits per heavy atom. The zero-order chi connectivity index (χ0) is 14.4. The lowest BCUT2D eigenvalue weighted by Gasteiger charge is -2.15. The summed E-state index contributed by atoms with van der Waals surface area (Å²) in [5.41, 5.74) is 2.64. The van der Waals surface area contributed by atoms with Gasteiger partial charge in [0.1, 0.15) is 0 Å². The molecular weight excluding hydrogens is 287 g/mol. The van der Waals surface area contributed by atoms with Crippen molar-refractivity contribution < 1.29 is 0 Å². The molecule has 0 aliphatic rings. The maximum absolute atomic E-state index is 6.21. The molecule has 0 unspecified atom stereocenters. The first-order valence-corrected chi connectivity index (χ1v) is 7.95. The average Bonchev–Trinajstić information content (AvgIpc) is 2.46. The van der Waals surface area contributed by atoms with E-state index in [9.17, 15) is 0 Å². The van der Waals surface area contributed by atoms with E-state index in [2.05, 4.69) is 37.3 Å². The van der Waals surface area contributed by atoms with Crippen LogP contribution in [0.3, 0.4) is 0 Å². The molecule has 0 heterocycles. The highest BCUT2D eigenvalue weighted by molar-refractivity contribution is 6.35. The topological polar surface area (TPSA) is 0 Å². The molecule has 1 atom stereocenters. The van der Waals surface area contributed by atoms with Crippen molar-refractivity contribution >= 4 is 23.2 Å². The quantitative estimate of drug-likeness (QED) is 0.570. The van der Waals surface area contributed by atoms with Gasteiger partial charge in [0.05, 0.1) is 0 Å². The number of aryl methyl sites for hydroxylation is 1. The minimum Gasteiger partial charge on any atom is -0.0843 e. The summed E-state index contributed by atoms with van der Waals surface area (Å²) in [4.78, 5) is 0. The largest absolute Gasteiger partial charge is 0.0843 e. The molecule has 2 rings (SSSR count). The van der Waals surface area contributed by atoms with Crippen LogP contribution in [-0.4, -0.2) is 0 Å². The number of benzene rings is 2. The fourth-order valence-electron chi connectivity index (χ4n) is 2.60. The minimum atomic E-state index is 0.641. The Kier molecular flexibility index (Phi) is 5.94. The Hall–Kier alpha value is -0.980. The second-order valence-electron chi connectivity index (χ2n) is 5.14. The molecule has 0 spiro atoms. The van der Waals surface area contributed by atoms with Gasteiger partial charge in [-0.2, -0.15) is 0 Å². The predicted molar refractivity (Wildman–Crippen MR) is 88.9 cm³/mol. The van der Waals surface area contributed by atoms with Gasteiger partial charge in [0.2, 0.25) is 0 Å². The number of hydrogen-bond acceptors (Lipinski definition) is 0. The summed E-state index contributed by atoms with van der Waals surface area (Å²) in [6.45, 7) is 2.26. The zero-order valence-corrected chi connectivity index (χ0v) is 13.3. The molecule has 0 nitrogen and oxygen atoms in total. The van der Waals surface area contributed by atoms with Crippen LogP contribution in [0.5, 0.6) is 0 Å². The van der Waals surface area contributed by atoms with Gasteiger partial charge in [0.25, 0.3) is 0 Å². The van der Waals surface area contributed by atoms with Crippen molar-refractivity contribution in [2.45, 2.75) is 38.5 Å². The molecule has 20 heavy (non-hydrogen) atoms. The Bertz CT molecular complexity index is 534. The van der Waals surface area contributed by atoms with E-state index in [1.165, 1.54) is 24.0 Å². The van der Waals surface area contributed by atoms with Crippen LogP contribution in [0.25, 0.3) is 0 Å². The van der Waals surface area contributed by atoms with Gasteiger partial charge >= 0.3 is 0 Å². The van der Waals surface area contributed by atoms with E-state index in [0.29, 0.717) is 10.9 Å². The van der Waals surface area contributed by atoms with Crippen LogP contribution in [-0.2, 0) is 6.42 Å². The van der Waals surface area contributed by atoms with Crippen LogP contribution >= 0.6 is 23.2 Å². The van der Waals surface area contributed by atoms with Gasteiger partial charge in [-0.3, -0.25) is 0 Å². The molecule has 0 amide bonds. The lowest BCUT2D eigenvalue weighted by molar-refractivity contribution is 0.576. The molecule has 2 heteroatoms. The zero-order valence-electron chi connectivity index (χ0n) is 11.8. The third-order valence-corrected chi connectivity index (χ3v) is 4.36. The highest BCUT2D eigenvalue weighted by Gasteiger charge is 2.09. The monoisotopic (exact) mass is 306 g/mol. The van der Waals surface area contributed by atoms with Gasteiger partial charge in [-0.15, -0.1) is 0 Å². The van der Waals surface area contributed by atoms with Crippen LogP contribution in [0.1, 0.15) is 43.2 Å². The predicted octanol–water partition coefficient (Wildman–Crippen LogP) is 6.51. The van der Waals surface area contributed by atoms with Crippen molar-refractivity contribution in [2.75, 3.05) is 0 Å². The molecular formula is C18H20Cl2. The molecule has 0 saturated heterocycles. The van der Waals surface area contributed by atoms with Crippen LogP contribution in [0.2, 0.25) is 10.0 Å². The van der Waals surface area contributed by atoms with Crippen molar-refractivity contribution in [3.05, 3.63) is 69.7 Å². The third kappa shape index (κ3) is 4.26. The lowest BCUT2D eigenvalue weighted by atomic mass is 9.90. The summed E-state index contributed by atoms with van der Waals surface area (Å²) < 4.78 is 0. The first-order chi connectivity index (χ1) is 9.70. The smallest absolute Gasteiger partial charge is 0.0452 e. The molecule has 106 valence electrons. The number of rotatable bonds is 6. The van der Waals surface area contributed by atoms with E-state index in [-0.39, 0.29) is 0 Å². The Labute approximate surface area is 131 Å². The second-order valence-corrected chi connectivity index (χ2v) is 5.99. The van der Waals surface area contributed by atoms with Gasteiger partial charge in [0.15, 0.2) is 0 Å². The molecule has 0 N–H and O–H groups in total. The molecule has 2 aromatic carbocycles. The van der Waals surface area contributed by atoms with Crippen LogP contribution < -0.4 is 0 Å². The van der Waals surface area contributed by atoms with Gasteiger partial charge in [-0.05, 0) is 54.9 Å².